The molecule has 1 saturated carbocycles. The van der Waals surface area contributed by atoms with Crippen molar-refractivity contribution >= 4 is 6.09 Å². The fourth-order valence-electron chi connectivity index (χ4n) is 2.39. The number of nitrogens with one attached hydrogen (secondary N) is 1. The highest BCUT2D eigenvalue weighted by Crippen LogP contribution is 2.46. The van der Waals surface area contributed by atoms with E-state index in [0.29, 0.717) is 5.56 Å². The summed E-state index contributed by atoms with van der Waals surface area (Å²) >= 11 is 0. The number of halogens is 1. The maximum atomic E-state index is 13.8. The molecule has 1 aliphatic carbocycles. The number of carbonyl (C=O) groups excluding carboxylic acids is 1. The molecule has 2 aromatic rings. The summed E-state index contributed by atoms with van der Waals surface area (Å²) in [5.74, 6) is -0.293. The zero-order valence-corrected chi connectivity index (χ0v) is 11.5. The van der Waals surface area contributed by atoms with E-state index in [1.54, 1.807) is 18.2 Å². The summed E-state index contributed by atoms with van der Waals surface area (Å²) in [6.45, 7) is 0.208. The van der Waals surface area contributed by atoms with Crippen molar-refractivity contribution in [3.63, 3.8) is 0 Å². The summed E-state index contributed by atoms with van der Waals surface area (Å²) in [6, 6.07) is 16.0. The van der Waals surface area contributed by atoms with E-state index < -0.39 is 11.6 Å². The lowest BCUT2D eigenvalue weighted by Gasteiger charge is -2.18. The summed E-state index contributed by atoms with van der Waals surface area (Å²) in [5, 5.41) is 2.79. The van der Waals surface area contributed by atoms with Crippen molar-refractivity contribution in [2.24, 2.45) is 0 Å². The fraction of sp³-hybridized carbons (Fsp3) is 0.235. The molecule has 0 aliphatic heterocycles. The first-order valence-corrected chi connectivity index (χ1v) is 6.93. The number of hydrogen-bond donors (Lipinski definition) is 1. The number of hydrogen-bond acceptors (Lipinski definition) is 2. The number of rotatable bonds is 4. The van der Waals surface area contributed by atoms with Gasteiger partial charge in [0.1, 0.15) is 12.4 Å². The summed E-state index contributed by atoms with van der Waals surface area (Å²) in [7, 11) is 0. The lowest BCUT2D eigenvalue weighted by Crippen LogP contribution is -2.35. The molecular formula is C17H16FNO2. The summed E-state index contributed by atoms with van der Waals surface area (Å²) in [5.41, 5.74) is 0.851. The largest absolute Gasteiger partial charge is 0.445 e. The lowest BCUT2D eigenvalue weighted by atomic mass is 10.0. The normalized spacial score (nSPS) is 15.3. The predicted molar refractivity (Wildman–Crippen MR) is 77.1 cm³/mol. The molecule has 0 radical (unpaired) electrons. The second-order valence-corrected chi connectivity index (χ2v) is 5.25. The van der Waals surface area contributed by atoms with E-state index in [1.807, 2.05) is 30.3 Å². The van der Waals surface area contributed by atoms with E-state index in [4.69, 9.17) is 4.74 Å². The summed E-state index contributed by atoms with van der Waals surface area (Å²) in [6.07, 6.45) is 0.947. The van der Waals surface area contributed by atoms with Crippen LogP contribution < -0.4 is 5.32 Å². The monoisotopic (exact) mass is 285 g/mol. The van der Waals surface area contributed by atoms with Crippen LogP contribution in [0, 0.1) is 5.82 Å². The van der Waals surface area contributed by atoms with Crippen molar-refractivity contribution in [1.29, 1.82) is 0 Å². The SMILES string of the molecule is O=C(NC1(c2ccccc2F)CC1)OCc1ccccc1. The first kappa shape index (κ1) is 13.6. The number of carbonyl (C=O) groups is 1. The smallest absolute Gasteiger partial charge is 0.408 e. The molecule has 0 atom stereocenters. The van der Waals surface area contributed by atoms with Crippen LogP contribution in [0.3, 0.4) is 0 Å². The van der Waals surface area contributed by atoms with E-state index in [2.05, 4.69) is 5.32 Å². The van der Waals surface area contributed by atoms with Gasteiger partial charge in [-0.05, 0) is 24.5 Å². The van der Waals surface area contributed by atoms with Gasteiger partial charge in [-0.2, -0.15) is 0 Å². The standard InChI is InChI=1S/C17H16FNO2/c18-15-9-5-4-8-14(15)17(10-11-17)19-16(20)21-12-13-6-2-1-3-7-13/h1-9H,10-12H2,(H,19,20). The van der Waals surface area contributed by atoms with Crippen LogP contribution in [-0.2, 0) is 16.9 Å². The van der Waals surface area contributed by atoms with Crippen LogP contribution in [0.5, 0.6) is 0 Å². The highest BCUT2D eigenvalue weighted by atomic mass is 19.1. The number of alkyl carbamates (subject to hydrolysis) is 1. The van der Waals surface area contributed by atoms with Gasteiger partial charge in [0.2, 0.25) is 0 Å². The molecule has 3 rings (SSSR count). The molecule has 1 aliphatic rings. The average molecular weight is 285 g/mol. The molecule has 1 amide bonds. The zero-order valence-electron chi connectivity index (χ0n) is 11.5. The van der Waals surface area contributed by atoms with Gasteiger partial charge in [0, 0.05) is 5.56 Å². The fourth-order valence-corrected chi connectivity index (χ4v) is 2.39. The molecule has 0 spiro atoms. The van der Waals surface area contributed by atoms with Gasteiger partial charge in [-0.15, -0.1) is 0 Å². The van der Waals surface area contributed by atoms with Gasteiger partial charge in [0.05, 0.1) is 5.54 Å². The average Bonchev–Trinajstić information content (AvgIpc) is 3.27. The Hall–Kier alpha value is -2.36. The Morgan fingerprint density at radius 3 is 2.43 bits per heavy atom. The van der Waals surface area contributed by atoms with Crippen molar-refractivity contribution in [3.05, 3.63) is 71.5 Å². The Bertz CT molecular complexity index is 638. The van der Waals surface area contributed by atoms with Crippen molar-refractivity contribution in [2.45, 2.75) is 25.0 Å². The van der Waals surface area contributed by atoms with Crippen LogP contribution in [0.25, 0.3) is 0 Å². The van der Waals surface area contributed by atoms with E-state index >= 15 is 0 Å². The molecule has 21 heavy (non-hydrogen) atoms. The molecular weight excluding hydrogens is 269 g/mol. The molecule has 2 aromatic carbocycles. The minimum absolute atomic E-state index is 0.208. The van der Waals surface area contributed by atoms with E-state index in [1.165, 1.54) is 6.07 Å². The van der Waals surface area contributed by atoms with E-state index in [-0.39, 0.29) is 12.4 Å². The summed E-state index contributed by atoms with van der Waals surface area (Å²) in [4.78, 5) is 11.9. The molecule has 4 heteroatoms. The molecule has 0 unspecified atom stereocenters. The minimum atomic E-state index is -0.598. The quantitative estimate of drug-likeness (QED) is 0.929. The van der Waals surface area contributed by atoms with Crippen molar-refractivity contribution in [3.8, 4) is 0 Å². The van der Waals surface area contributed by atoms with Gasteiger partial charge in [-0.3, -0.25) is 0 Å². The summed E-state index contributed by atoms with van der Waals surface area (Å²) < 4.78 is 19.0. The molecule has 0 saturated heterocycles. The predicted octanol–water partition coefficient (Wildman–Crippen LogP) is 3.74. The van der Waals surface area contributed by atoms with Gasteiger partial charge in [-0.1, -0.05) is 48.5 Å². The highest BCUT2D eigenvalue weighted by Gasteiger charge is 2.47. The first-order chi connectivity index (χ1) is 10.2. The Balaban J connectivity index is 1.61. The van der Waals surface area contributed by atoms with Gasteiger partial charge in [-0.25, -0.2) is 9.18 Å². The Morgan fingerprint density at radius 1 is 1.10 bits per heavy atom. The van der Waals surface area contributed by atoms with E-state index in [0.717, 1.165) is 18.4 Å². The van der Waals surface area contributed by atoms with Crippen LogP contribution in [0.2, 0.25) is 0 Å². The van der Waals surface area contributed by atoms with Crippen LogP contribution in [-0.4, -0.2) is 6.09 Å². The topological polar surface area (TPSA) is 38.3 Å². The third-order valence-electron chi connectivity index (χ3n) is 3.69. The third-order valence-corrected chi connectivity index (χ3v) is 3.69. The molecule has 0 aromatic heterocycles. The maximum Gasteiger partial charge on any atom is 0.408 e. The van der Waals surface area contributed by atoms with E-state index in [9.17, 15) is 9.18 Å². The van der Waals surface area contributed by atoms with Crippen molar-refractivity contribution < 1.29 is 13.9 Å². The zero-order chi connectivity index (χ0) is 14.7. The van der Waals surface area contributed by atoms with Gasteiger partial charge < -0.3 is 10.1 Å². The number of amides is 1. The first-order valence-electron chi connectivity index (χ1n) is 6.93. The Kier molecular flexibility index (Phi) is 3.60. The van der Waals surface area contributed by atoms with Crippen LogP contribution in [0.1, 0.15) is 24.0 Å². The lowest BCUT2D eigenvalue weighted by molar-refractivity contribution is 0.134. The molecule has 1 N–H and O–H groups in total. The Morgan fingerprint density at radius 2 is 1.76 bits per heavy atom. The van der Waals surface area contributed by atoms with Gasteiger partial charge >= 0.3 is 6.09 Å². The molecule has 3 nitrogen and oxygen atoms in total. The van der Waals surface area contributed by atoms with Crippen LogP contribution in [0.15, 0.2) is 54.6 Å². The van der Waals surface area contributed by atoms with Crippen LogP contribution >= 0.6 is 0 Å². The van der Waals surface area contributed by atoms with Gasteiger partial charge in [0.15, 0.2) is 0 Å². The van der Waals surface area contributed by atoms with Gasteiger partial charge in [0.25, 0.3) is 0 Å². The number of ether oxygens (including phenoxy) is 1. The van der Waals surface area contributed by atoms with Crippen molar-refractivity contribution in [2.75, 3.05) is 0 Å². The van der Waals surface area contributed by atoms with Crippen LogP contribution in [0.4, 0.5) is 9.18 Å². The molecule has 1 fully saturated rings. The highest BCUT2D eigenvalue weighted by molar-refractivity contribution is 5.69. The molecule has 0 bridgehead atoms. The second-order valence-electron chi connectivity index (χ2n) is 5.25. The maximum absolute atomic E-state index is 13.8. The second kappa shape index (κ2) is 5.56. The minimum Gasteiger partial charge on any atom is -0.445 e. The van der Waals surface area contributed by atoms with Crippen molar-refractivity contribution in [1.82, 2.24) is 5.32 Å². The third kappa shape index (κ3) is 3.05. The Labute approximate surface area is 122 Å². The molecule has 108 valence electrons. The molecule has 0 heterocycles. The number of benzene rings is 2.